The van der Waals surface area contributed by atoms with Crippen molar-refractivity contribution in [2.75, 3.05) is 33.7 Å². The summed E-state index contributed by atoms with van der Waals surface area (Å²) in [4.78, 5) is 6.56. The Hall–Kier alpha value is -1.80. The number of allylic oxidation sites excluding steroid dienone is 1. The van der Waals surface area contributed by atoms with Gasteiger partial charge in [0, 0.05) is 53.2 Å². The van der Waals surface area contributed by atoms with Crippen molar-refractivity contribution in [2.45, 2.75) is 30.6 Å². The molecule has 2 N–H and O–H groups in total. The SMILES string of the molecule is C=CCCCCCN(C)C(=NC)NCCNS(=O)(=O)c1ccn(C)c1. The highest BCUT2D eigenvalue weighted by atomic mass is 32.2. The average molecular weight is 370 g/mol. The number of aromatic nitrogens is 1. The minimum atomic E-state index is -3.46. The number of unbranched alkanes of at least 4 members (excludes halogenated alkanes) is 3. The van der Waals surface area contributed by atoms with E-state index in [1.807, 2.05) is 13.1 Å². The number of hydrogen-bond acceptors (Lipinski definition) is 3. The van der Waals surface area contributed by atoms with Gasteiger partial charge in [0.2, 0.25) is 10.0 Å². The van der Waals surface area contributed by atoms with E-state index in [-0.39, 0.29) is 4.90 Å². The van der Waals surface area contributed by atoms with Crippen molar-refractivity contribution < 1.29 is 8.42 Å². The molecule has 1 rings (SSSR count). The third kappa shape index (κ3) is 7.74. The van der Waals surface area contributed by atoms with Gasteiger partial charge in [-0.15, -0.1) is 6.58 Å². The van der Waals surface area contributed by atoms with Crippen LogP contribution in [0.1, 0.15) is 25.7 Å². The van der Waals surface area contributed by atoms with Crippen molar-refractivity contribution in [1.29, 1.82) is 0 Å². The van der Waals surface area contributed by atoms with Crippen LogP contribution in [0.5, 0.6) is 0 Å². The molecule has 0 atom stereocenters. The second kappa shape index (κ2) is 10.9. The Morgan fingerprint density at radius 3 is 2.72 bits per heavy atom. The van der Waals surface area contributed by atoms with Gasteiger partial charge in [0.15, 0.2) is 5.96 Å². The molecule has 0 aliphatic heterocycles. The summed E-state index contributed by atoms with van der Waals surface area (Å²) in [5.74, 6) is 0.766. The molecule has 0 fully saturated rings. The molecule has 0 radical (unpaired) electrons. The first-order chi connectivity index (χ1) is 11.9. The number of aryl methyl sites for hydroxylation is 1. The topological polar surface area (TPSA) is 78.7 Å². The zero-order valence-electron chi connectivity index (χ0n) is 15.5. The van der Waals surface area contributed by atoms with E-state index in [0.29, 0.717) is 13.1 Å². The van der Waals surface area contributed by atoms with Gasteiger partial charge in [-0.1, -0.05) is 12.5 Å². The van der Waals surface area contributed by atoms with Crippen molar-refractivity contribution in [3.05, 3.63) is 31.1 Å². The van der Waals surface area contributed by atoms with Crippen LogP contribution in [0.15, 0.2) is 41.0 Å². The van der Waals surface area contributed by atoms with Gasteiger partial charge in [0.1, 0.15) is 0 Å². The summed E-state index contributed by atoms with van der Waals surface area (Å²) in [5, 5.41) is 3.18. The second-order valence-corrected chi connectivity index (χ2v) is 7.71. The summed E-state index contributed by atoms with van der Waals surface area (Å²) in [6.45, 7) is 5.40. The minimum absolute atomic E-state index is 0.274. The van der Waals surface area contributed by atoms with Crippen LogP contribution in [-0.4, -0.2) is 57.6 Å². The van der Waals surface area contributed by atoms with Crippen LogP contribution >= 0.6 is 0 Å². The molecule has 0 aromatic carbocycles. The van der Waals surface area contributed by atoms with E-state index in [0.717, 1.165) is 38.2 Å². The minimum Gasteiger partial charge on any atom is -0.356 e. The highest BCUT2D eigenvalue weighted by molar-refractivity contribution is 7.89. The van der Waals surface area contributed by atoms with Crippen LogP contribution in [0.2, 0.25) is 0 Å². The molecule has 7 nitrogen and oxygen atoms in total. The Bertz CT molecular complexity index is 652. The van der Waals surface area contributed by atoms with Crippen molar-refractivity contribution >= 4 is 16.0 Å². The Kier molecular flexibility index (Phi) is 9.30. The summed E-state index contributed by atoms with van der Waals surface area (Å²) in [7, 11) is 2.04. The van der Waals surface area contributed by atoms with Crippen molar-refractivity contribution in [3.8, 4) is 0 Å². The monoisotopic (exact) mass is 369 g/mol. The van der Waals surface area contributed by atoms with Crippen LogP contribution in [0, 0.1) is 0 Å². The van der Waals surface area contributed by atoms with E-state index in [9.17, 15) is 8.42 Å². The zero-order valence-corrected chi connectivity index (χ0v) is 16.3. The standard InChI is InChI=1S/C17H31N5O2S/c1-5-6-7-8-9-13-22(4)17(18-2)19-11-12-20-25(23,24)16-10-14-21(3)15-16/h5,10,14-15,20H,1,6-9,11-13H2,2-4H3,(H,18,19). The van der Waals surface area contributed by atoms with E-state index in [4.69, 9.17) is 0 Å². The Morgan fingerprint density at radius 2 is 2.12 bits per heavy atom. The van der Waals surface area contributed by atoms with Crippen LogP contribution in [-0.2, 0) is 17.1 Å². The maximum Gasteiger partial charge on any atom is 0.242 e. The lowest BCUT2D eigenvalue weighted by Gasteiger charge is -2.22. The van der Waals surface area contributed by atoms with Gasteiger partial charge in [-0.3, -0.25) is 4.99 Å². The molecule has 25 heavy (non-hydrogen) atoms. The summed E-state index contributed by atoms with van der Waals surface area (Å²) in [6.07, 6.45) is 9.69. The molecule has 8 heteroatoms. The van der Waals surface area contributed by atoms with Crippen molar-refractivity contribution in [2.24, 2.45) is 12.0 Å². The van der Waals surface area contributed by atoms with Gasteiger partial charge < -0.3 is 14.8 Å². The predicted molar refractivity (Wildman–Crippen MR) is 103 cm³/mol. The molecule has 0 saturated carbocycles. The Balaban J connectivity index is 2.31. The molecular formula is C17H31N5O2S. The molecular weight excluding hydrogens is 338 g/mol. The van der Waals surface area contributed by atoms with E-state index in [1.54, 1.807) is 37.1 Å². The number of hydrogen-bond donors (Lipinski definition) is 2. The molecule has 0 amide bonds. The van der Waals surface area contributed by atoms with Gasteiger partial charge in [-0.05, 0) is 25.3 Å². The first kappa shape index (κ1) is 21.2. The van der Waals surface area contributed by atoms with E-state index in [1.165, 1.54) is 0 Å². The van der Waals surface area contributed by atoms with Crippen LogP contribution in [0.3, 0.4) is 0 Å². The number of nitrogens with one attached hydrogen (secondary N) is 2. The van der Waals surface area contributed by atoms with Gasteiger partial charge in [0.25, 0.3) is 0 Å². The van der Waals surface area contributed by atoms with Gasteiger partial charge in [-0.25, -0.2) is 13.1 Å². The lowest BCUT2D eigenvalue weighted by atomic mass is 10.2. The maximum absolute atomic E-state index is 12.1. The fraction of sp³-hybridized carbons (Fsp3) is 0.588. The molecule has 1 aromatic rings. The van der Waals surface area contributed by atoms with Gasteiger partial charge >= 0.3 is 0 Å². The number of guanidine groups is 1. The van der Waals surface area contributed by atoms with Crippen LogP contribution in [0.25, 0.3) is 0 Å². The highest BCUT2D eigenvalue weighted by Crippen LogP contribution is 2.07. The van der Waals surface area contributed by atoms with Gasteiger partial charge in [0.05, 0.1) is 4.90 Å². The number of rotatable bonds is 11. The van der Waals surface area contributed by atoms with Crippen LogP contribution in [0.4, 0.5) is 0 Å². The first-order valence-electron chi connectivity index (χ1n) is 8.55. The lowest BCUT2D eigenvalue weighted by molar-refractivity contribution is 0.455. The van der Waals surface area contributed by atoms with E-state index < -0.39 is 10.0 Å². The maximum atomic E-state index is 12.1. The van der Waals surface area contributed by atoms with Crippen LogP contribution < -0.4 is 10.0 Å². The average Bonchev–Trinajstić information content (AvgIpc) is 3.02. The van der Waals surface area contributed by atoms with E-state index >= 15 is 0 Å². The third-order valence-corrected chi connectivity index (χ3v) is 5.24. The van der Waals surface area contributed by atoms with Gasteiger partial charge in [-0.2, -0.15) is 0 Å². The normalized spacial score (nSPS) is 12.2. The molecule has 1 heterocycles. The molecule has 0 spiro atoms. The number of aliphatic imine (C=N–C) groups is 1. The largest absolute Gasteiger partial charge is 0.356 e. The number of nitrogens with zero attached hydrogens (tertiary/aromatic N) is 3. The fourth-order valence-electron chi connectivity index (χ4n) is 2.38. The molecule has 0 aliphatic rings. The predicted octanol–water partition coefficient (Wildman–Crippen LogP) is 1.56. The Labute approximate surface area is 151 Å². The summed E-state index contributed by atoms with van der Waals surface area (Å²) >= 11 is 0. The second-order valence-electron chi connectivity index (χ2n) is 5.94. The third-order valence-electron chi connectivity index (χ3n) is 3.79. The number of sulfonamides is 1. The quantitative estimate of drug-likeness (QED) is 0.268. The highest BCUT2D eigenvalue weighted by Gasteiger charge is 2.14. The summed E-state index contributed by atoms with van der Waals surface area (Å²) in [6, 6.07) is 1.58. The summed E-state index contributed by atoms with van der Waals surface area (Å²) < 4.78 is 28.5. The molecule has 0 unspecified atom stereocenters. The van der Waals surface area contributed by atoms with Crippen molar-refractivity contribution in [1.82, 2.24) is 19.5 Å². The van der Waals surface area contributed by atoms with Crippen molar-refractivity contribution in [3.63, 3.8) is 0 Å². The molecule has 142 valence electrons. The van der Waals surface area contributed by atoms with E-state index in [2.05, 4.69) is 26.5 Å². The first-order valence-corrected chi connectivity index (χ1v) is 10.0. The summed E-state index contributed by atoms with van der Waals surface area (Å²) in [5.41, 5.74) is 0. The lowest BCUT2D eigenvalue weighted by Crippen LogP contribution is -2.42. The molecule has 0 saturated heterocycles. The molecule has 0 bridgehead atoms. The molecule has 1 aromatic heterocycles. The fourth-order valence-corrected chi connectivity index (χ4v) is 3.47. The smallest absolute Gasteiger partial charge is 0.242 e. The molecule has 0 aliphatic carbocycles. The Morgan fingerprint density at radius 1 is 1.36 bits per heavy atom. The zero-order chi connectivity index (χ0) is 18.7.